The average Bonchev–Trinajstić information content (AvgIpc) is 3.72. The van der Waals surface area contributed by atoms with Gasteiger partial charge < -0.3 is 9.80 Å². The monoisotopic (exact) mass is 846 g/mol. The first-order chi connectivity index (χ1) is 32.2. The van der Waals surface area contributed by atoms with E-state index in [1.807, 2.05) is 0 Å². The summed E-state index contributed by atoms with van der Waals surface area (Å²) in [4.78, 5) is 4.78. The molecule has 10 aromatic rings. The Morgan fingerprint density at radius 1 is 0.273 bits per heavy atom. The molecular weight excluding hydrogens is 797 g/mol. The first kappa shape index (κ1) is 39.6. The number of hydrogen-bond donors (Lipinski definition) is 0. The van der Waals surface area contributed by atoms with Crippen molar-refractivity contribution >= 4 is 67.8 Å². The second-order valence-corrected chi connectivity index (χ2v) is 19.1. The predicted molar refractivity (Wildman–Crippen MR) is 281 cm³/mol. The molecule has 10 aromatic carbocycles. The topological polar surface area (TPSA) is 6.48 Å². The van der Waals surface area contributed by atoms with E-state index in [9.17, 15) is 0 Å². The van der Waals surface area contributed by atoms with Crippen LogP contribution in [0.5, 0.6) is 0 Å². The second kappa shape index (κ2) is 15.4. The summed E-state index contributed by atoms with van der Waals surface area (Å²) in [6.45, 7) is 9.52. The third-order valence-electron chi connectivity index (χ3n) is 14.4. The van der Waals surface area contributed by atoms with Crippen LogP contribution in [0.15, 0.2) is 218 Å². The fourth-order valence-electron chi connectivity index (χ4n) is 10.8. The van der Waals surface area contributed by atoms with E-state index in [2.05, 4.69) is 268 Å². The summed E-state index contributed by atoms with van der Waals surface area (Å²) in [6, 6.07) is 80.3. The molecule has 0 unspecified atom stereocenters. The van der Waals surface area contributed by atoms with Gasteiger partial charge in [0.1, 0.15) is 0 Å². The molecule has 0 fully saturated rings. The van der Waals surface area contributed by atoms with Crippen molar-refractivity contribution in [2.24, 2.45) is 0 Å². The number of benzene rings is 10. The van der Waals surface area contributed by atoms with Crippen LogP contribution in [0.2, 0.25) is 0 Å². The molecule has 0 N–H and O–H groups in total. The van der Waals surface area contributed by atoms with E-state index < -0.39 is 0 Å². The lowest BCUT2D eigenvalue weighted by Crippen LogP contribution is -2.16. The Bertz CT molecular complexity index is 3310. The van der Waals surface area contributed by atoms with E-state index >= 15 is 0 Å². The molecule has 0 radical (unpaired) electrons. The highest BCUT2D eigenvalue weighted by Gasteiger charge is 2.37. The van der Waals surface area contributed by atoms with E-state index in [0.29, 0.717) is 0 Å². The minimum Gasteiger partial charge on any atom is -0.310 e. The Morgan fingerprint density at radius 3 is 1.00 bits per heavy atom. The maximum Gasteiger partial charge on any atom is 0.0468 e. The summed E-state index contributed by atoms with van der Waals surface area (Å²) >= 11 is 0. The van der Waals surface area contributed by atoms with E-state index in [1.165, 1.54) is 77.2 Å². The lowest BCUT2D eigenvalue weighted by atomic mass is 9.81. The van der Waals surface area contributed by atoms with Crippen LogP contribution in [0.25, 0.3) is 56.0 Å². The molecule has 0 amide bonds. The molecule has 316 valence electrons. The van der Waals surface area contributed by atoms with Crippen LogP contribution in [0.3, 0.4) is 0 Å². The normalized spacial score (nSPS) is 13.9. The number of para-hydroxylation sites is 2. The van der Waals surface area contributed by atoms with Gasteiger partial charge in [0.2, 0.25) is 0 Å². The van der Waals surface area contributed by atoms with Gasteiger partial charge in [-0.3, -0.25) is 0 Å². The van der Waals surface area contributed by atoms with Crippen molar-refractivity contribution in [3.63, 3.8) is 0 Å². The zero-order chi connectivity index (χ0) is 44.6. The van der Waals surface area contributed by atoms with E-state index in [1.54, 1.807) is 0 Å². The van der Waals surface area contributed by atoms with Crippen molar-refractivity contribution in [1.82, 2.24) is 0 Å². The van der Waals surface area contributed by atoms with E-state index in [0.717, 1.165) is 34.1 Å². The highest BCUT2D eigenvalue weighted by atomic mass is 15.1. The molecule has 0 spiro atoms. The number of rotatable bonds is 8. The zero-order valence-corrected chi connectivity index (χ0v) is 37.8. The molecule has 0 saturated heterocycles. The summed E-state index contributed by atoms with van der Waals surface area (Å²) in [5, 5.41) is 4.95. The Hall–Kier alpha value is -7.94. The molecule has 0 aromatic heterocycles. The fourth-order valence-corrected chi connectivity index (χ4v) is 10.8. The Morgan fingerprint density at radius 2 is 0.591 bits per heavy atom. The lowest BCUT2D eigenvalue weighted by Gasteiger charge is -2.28. The molecule has 0 atom stereocenters. The van der Waals surface area contributed by atoms with Gasteiger partial charge in [-0.25, -0.2) is 0 Å². The SMILES string of the molecule is CC1(C)c2cc(C=Cc3ccc4c(c3)C(C)(C)c3cc(N(c5ccccc5)c5ccc6ccccc6c5)ccc3-4)ccc2-c2ccc(N(c3ccccc3)c3ccc4ccccc4c3)cc21. The molecule has 2 nitrogen and oxygen atoms in total. The third-order valence-corrected chi connectivity index (χ3v) is 14.4. The molecular formula is C64H50N2. The number of nitrogens with zero attached hydrogens (tertiary/aromatic N) is 2. The zero-order valence-electron chi connectivity index (χ0n) is 37.8. The third kappa shape index (κ3) is 6.55. The van der Waals surface area contributed by atoms with E-state index in [-0.39, 0.29) is 10.8 Å². The Balaban J connectivity index is 0.841. The number of anilines is 6. The summed E-state index contributed by atoms with van der Waals surface area (Å²) in [6.07, 6.45) is 4.58. The highest BCUT2D eigenvalue weighted by molar-refractivity contribution is 5.93. The molecule has 0 bridgehead atoms. The minimum atomic E-state index is -0.178. The molecule has 66 heavy (non-hydrogen) atoms. The first-order valence-corrected chi connectivity index (χ1v) is 23.2. The van der Waals surface area contributed by atoms with Gasteiger partial charge in [0.05, 0.1) is 0 Å². The van der Waals surface area contributed by atoms with Crippen LogP contribution < -0.4 is 9.80 Å². The summed E-state index contributed by atoms with van der Waals surface area (Å²) in [5.41, 5.74) is 19.7. The number of fused-ring (bicyclic) bond motifs is 8. The molecule has 0 heterocycles. The van der Waals surface area contributed by atoms with Crippen molar-refractivity contribution in [2.75, 3.05) is 9.80 Å². The number of hydrogen-bond acceptors (Lipinski definition) is 2. The van der Waals surface area contributed by atoms with Crippen molar-refractivity contribution in [3.8, 4) is 22.3 Å². The molecule has 2 aliphatic rings. The second-order valence-electron chi connectivity index (χ2n) is 19.1. The maximum absolute atomic E-state index is 2.42. The molecule has 0 saturated carbocycles. The van der Waals surface area contributed by atoms with Crippen LogP contribution in [-0.4, -0.2) is 0 Å². The minimum absolute atomic E-state index is 0.178. The smallest absolute Gasteiger partial charge is 0.0468 e. The Kier molecular flexibility index (Phi) is 9.22. The van der Waals surface area contributed by atoms with Gasteiger partial charge in [0, 0.05) is 45.0 Å². The summed E-state index contributed by atoms with van der Waals surface area (Å²) < 4.78 is 0. The van der Waals surface area contributed by atoms with E-state index in [4.69, 9.17) is 0 Å². The van der Waals surface area contributed by atoms with Gasteiger partial charge in [0.15, 0.2) is 0 Å². The maximum atomic E-state index is 2.42. The van der Waals surface area contributed by atoms with Crippen LogP contribution in [0, 0.1) is 0 Å². The Labute approximate surface area is 388 Å². The molecule has 0 aliphatic heterocycles. The fraction of sp³-hybridized carbons (Fsp3) is 0.0938. The predicted octanol–water partition coefficient (Wildman–Crippen LogP) is 17.7. The standard InChI is InChI=1S/C64H50N2/c1-63(2)59-37-43(25-33-55(59)57-35-31-53(41-61(57)63)65(49-19-7-5-8-20-49)51-29-27-45-15-11-13-17-47(45)39-51)23-24-44-26-34-56-58-36-32-54(42-62(58)64(3,4)60(56)38-44)66(50-21-9-6-10-22-50)52-30-28-46-16-12-14-18-48(46)40-52/h5-42H,1-4H3. The van der Waals surface area contributed by atoms with Gasteiger partial charge in [-0.15, -0.1) is 0 Å². The van der Waals surface area contributed by atoms with Crippen LogP contribution in [0.1, 0.15) is 61.1 Å². The first-order valence-electron chi connectivity index (χ1n) is 23.2. The summed E-state index contributed by atoms with van der Waals surface area (Å²) in [5.74, 6) is 0. The van der Waals surface area contributed by atoms with Crippen molar-refractivity contribution in [3.05, 3.63) is 252 Å². The lowest BCUT2D eigenvalue weighted by molar-refractivity contribution is 0.660. The van der Waals surface area contributed by atoms with Crippen molar-refractivity contribution in [2.45, 2.75) is 38.5 Å². The van der Waals surface area contributed by atoms with Crippen LogP contribution in [-0.2, 0) is 10.8 Å². The van der Waals surface area contributed by atoms with Crippen LogP contribution in [0.4, 0.5) is 34.1 Å². The van der Waals surface area contributed by atoms with Gasteiger partial charge in [-0.05, 0) is 150 Å². The van der Waals surface area contributed by atoms with Gasteiger partial charge in [-0.1, -0.05) is 185 Å². The largest absolute Gasteiger partial charge is 0.310 e. The van der Waals surface area contributed by atoms with Crippen molar-refractivity contribution in [1.29, 1.82) is 0 Å². The van der Waals surface area contributed by atoms with Gasteiger partial charge in [-0.2, -0.15) is 0 Å². The summed E-state index contributed by atoms with van der Waals surface area (Å²) in [7, 11) is 0. The molecule has 2 heteroatoms. The average molecular weight is 847 g/mol. The van der Waals surface area contributed by atoms with Gasteiger partial charge in [0.25, 0.3) is 0 Å². The highest BCUT2D eigenvalue weighted by Crippen LogP contribution is 2.53. The molecule has 12 rings (SSSR count). The molecule has 2 aliphatic carbocycles. The van der Waals surface area contributed by atoms with Gasteiger partial charge >= 0.3 is 0 Å². The van der Waals surface area contributed by atoms with Crippen molar-refractivity contribution < 1.29 is 0 Å². The van der Waals surface area contributed by atoms with Crippen LogP contribution >= 0.6 is 0 Å². The quantitative estimate of drug-likeness (QED) is 0.141.